The second-order valence-electron chi connectivity index (χ2n) is 9.32. The third kappa shape index (κ3) is 4.29. The summed E-state index contributed by atoms with van der Waals surface area (Å²) < 4.78 is 1.77. The summed E-state index contributed by atoms with van der Waals surface area (Å²) in [7, 11) is 1.89. The van der Waals surface area contributed by atoms with Crippen LogP contribution in [0.25, 0.3) is 11.0 Å². The normalized spacial score (nSPS) is 23.9. The van der Waals surface area contributed by atoms with Crippen molar-refractivity contribution in [2.45, 2.75) is 46.1 Å². The molecule has 8 heteroatoms. The lowest BCUT2D eigenvalue weighted by molar-refractivity contribution is -0.133. The third-order valence-electron chi connectivity index (χ3n) is 6.88. The maximum absolute atomic E-state index is 13.1. The summed E-state index contributed by atoms with van der Waals surface area (Å²) >= 11 is 0. The fourth-order valence-electron chi connectivity index (χ4n) is 4.93. The molecular weight excluding hydrogens is 378 g/mol. The highest BCUT2D eigenvalue weighted by Gasteiger charge is 2.30. The van der Waals surface area contributed by atoms with Gasteiger partial charge in [-0.15, -0.1) is 0 Å². The number of nitrogens with zero attached hydrogens (tertiary/aromatic N) is 7. The van der Waals surface area contributed by atoms with E-state index >= 15 is 0 Å². The molecule has 164 valence electrons. The number of aryl methyl sites for hydroxylation is 1. The minimum atomic E-state index is 0.268. The van der Waals surface area contributed by atoms with Crippen molar-refractivity contribution in [3.63, 3.8) is 0 Å². The molecule has 2 saturated heterocycles. The summed E-state index contributed by atoms with van der Waals surface area (Å²) in [5.41, 5.74) is 0.841. The Labute approximate surface area is 179 Å². The molecule has 0 aromatic carbocycles. The first-order valence-electron chi connectivity index (χ1n) is 11.3. The van der Waals surface area contributed by atoms with Crippen LogP contribution in [0.3, 0.4) is 0 Å². The van der Waals surface area contributed by atoms with Crippen LogP contribution in [0.4, 0.5) is 5.82 Å². The number of anilines is 1. The molecule has 2 aromatic heterocycles. The molecule has 2 aliphatic heterocycles. The van der Waals surface area contributed by atoms with Gasteiger partial charge in [0.25, 0.3) is 0 Å². The second-order valence-corrected chi connectivity index (χ2v) is 9.32. The smallest absolute Gasteiger partial charge is 0.236 e. The van der Waals surface area contributed by atoms with Gasteiger partial charge in [0.05, 0.1) is 18.1 Å². The van der Waals surface area contributed by atoms with E-state index in [2.05, 4.69) is 45.6 Å². The van der Waals surface area contributed by atoms with Gasteiger partial charge in [0.2, 0.25) is 5.91 Å². The molecule has 0 saturated carbocycles. The van der Waals surface area contributed by atoms with Crippen LogP contribution < -0.4 is 4.90 Å². The number of hydrogen-bond acceptors (Lipinski definition) is 6. The maximum Gasteiger partial charge on any atom is 0.236 e. The highest BCUT2D eigenvalue weighted by Crippen LogP contribution is 2.26. The van der Waals surface area contributed by atoms with Gasteiger partial charge in [0, 0.05) is 39.3 Å². The van der Waals surface area contributed by atoms with E-state index in [4.69, 9.17) is 0 Å². The zero-order valence-corrected chi connectivity index (χ0v) is 18.8. The van der Waals surface area contributed by atoms with Crippen LogP contribution >= 0.6 is 0 Å². The van der Waals surface area contributed by atoms with Gasteiger partial charge in [-0.25, -0.2) is 9.97 Å². The van der Waals surface area contributed by atoms with Crippen molar-refractivity contribution in [1.29, 1.82) is 0 Å². The molecule has 8 nitrogen and oxygen atoms in total. The number of aromatic nitrogens is 4. The van der Waals surface area contributed by atoms with Gasteiger partial charge < -0.3 is 9.80 Å². The SMILES string of the molecule is CC1CCC(C(C)C)N(CC(=O)N2CCN(c3ncnc4c3cnn4C)CC2)CC1. The molecule has 2 atom stereocenters. The predicted octanol–water partition coefficient (Wildman–Crippen LogP) is 2.16. The summed E-state index contributed by atoms with van der Waals surface area (Å²) in [6.07, 6.45) is 7.10. The highest BCUT2D eigenvalue weighted by atomic mass is 16.2. The van der Waals surface area contributed by atoms with Crippen LogP contribution in [0.15, 0.2) is 12.5 Å². The first kappa shape index (κ1) is 21.0. The lowest BCUT2D eigenvalue weighted by atomic mass is 9.95. The Bertz CT molecular complexity index is 871. The minimum absolute atomic E-state index is 0.268. The van der Waals surface area contributed by atoms with Crippen LogP contribution in [-0.2, 0) is 11.8 Å². The number of hydrogen-bond donors (Lipinski definition) is 0. The van der Waals surface area contributed by atoms with Gasteiger partial charge in [-0.05, 0) is 37.6 Å². The Hall–Kier alpha value is -2.22. The largest absolute Gasteiger partial charge is 0.352 e. The number of carbonyl (C=O) groups excluding carboxylic acids is 1. The summed E-state index contributed by atoms with van der Waals surface area (Å²) in [6, 6.07) is 0.514. The van der Waals surface area contributed by atoms with Gasteiger partial charge >= 0.3 is 0 Å². The van der Waals surface area contributed by atoms with E-state index in [1.807, 2.05) is 18.1 Å². The molecule has 2 aliphatic rings. The number of amides is 1. The Morgan fingerprint density at radius 2 is 1.87 bits per heavy atom. The number of fused-ring (bicyclic) bond motifs is 1. The van der Waals surface area contributed by atoms with Crippen LogP contribution in [0.5, 0.6) is 0 Å². The summed E-state index contributed by atoms with van der Waals surface area (Å²) in [5.74, 6) is 2.53. The van der Waals surface area contributed by atoms with Gasteiger partial charge in [0.1, 0.15) is 12.1 Å². The Morgan fingerprint density at radius 1 is 1.10 bits per heavy atom. The van der Waals surface area contributed by atoms with Crippen molar-refractivity contribution in [3.8, 4) is 0 Å². The van der Waals surface area contributed by atoms with E-state index in [-0.39, 0.29) is 5.91 Å². The van der Waals surface area contributed by atoms with Crippen molar-refractivity contribution in [2.75, 3.05) is 44.2 Å². The average Bonchev–Trinajstić information content (AvgIpc) is 3.02. The lowest BCUT2D eigenvalue weighted by Crippen LogP contribution is -2.53. The van der Waals surface area contributed by atoms with E-state index in [0.717, 1.165) is 55.5 Å². The van der Waals surface area contributed by atoms with Gasteiger partial charge in [-0.2, -0.15) is 5.10 Å². The van der Waals surface area contributed by atoms with Crippen molar-refractivity contribution < 1.29 is 4.79 Å². The molecule has 2 fully saturated rings. The molecule has 30 heavy (non-hydrogen) atoms. The molecule has 2 unspecified atom stereocenters. The molecule has 4 rings (SSSR count). The fourth-order valence-corrected chi connectivity index (χ4v) is 4.93. The summed E-state index contributed by atoms with van der Waals surface area (Å²) in [6.45, 7) is 11.6. The standard InChI is InChI=1S/C22H35N7O/c1-16(2)19-6-5-17(3)7-8-29(19)14-20(30)27-9-11-28(12-10-27)22-18-13-25-26(4)21(18)23-15-24-22/h13,15-17,19H,5-12,14H2,1-4H3. The van der Waals surface area contributed by atoms with E-state index < -0.39 is 0 Å². The van der Waals surface area contributed by atoms with Crippen LogP contribution in [-0.4, -0.2) is 80.8 Å². The maximum atomic E-state index is 13.1. The Balaban J connectivity index is 1.38. The van der Waals surface area contributed by atoms with Gasteiger partial charge in [-0.3, -0.25) is 14.4 Å². The first-order chi connectivity index (χ1) is 14.4. The van der Waals surface area contributed by atoms with Crippen molar-refractivity contribution in [1.82, 2.24) is 29.5 Å². The molecule has 0 aliphatic carbocycles. The number of rotatable bonds is 4. The second kappa shape index (κ2) is 8.88. The van der Waals surface area contributed by atoms with Crippen LogP contribution in [0.1, 0.15) is 40.0 Å². The fraction of sp³-hybridized carbons (Fsp3) is 0.727. The van der Waals surface area contributed by atoms with Crippen molar-refractivity contribution >= 4 is 22.8 Å². The van der Waals surface area contributed by atoms with Gasteiger partial charge in [-0.1, -0.05) is 20.8 Å². The Kier molecular flexibility index (Phi) is 6.22. The van der Waals surface area contributed by atoms with Crippen molar-refractivity contribution in [2.24, 2.45) is 18.9 Å². The summed E-state index contributed by atoms with van der Waals surface area (Å²) in [5, 5.41) is 5.28. The first-order valence-corrected chi connectivity index (χ1v) is 11.3. The Morgan fingerprint density at radius 3 is 2.60 bits per heavy atom. The topological polar surface area (TPSA) is 70.4 Å². The molecule has 0 N–H and O–H groups in total. The average molecular weight is 414 g/mol. The number of likely N-dealkylation sites (tertiary alicyclic amines) is 1. The molecule has 4 heterocycles. The molecule has 2 aromatic rings. The van der Waals surface area contributed by atoms with Gasteiger partial charge in [0.15, 0.2) is 5.65 Å². The predicted molar refractivity (Wildman–Crippen MR) is 118 cm³/mol. The molecular formula is C22H35N7O. The molecule has 0 radical (unpaired) electrons. The lowest BCUT2D eigenvalue weighted by Gasteiger charge is -2.38. The molecule has 0 spiro atoms. The quantitative estimate of drug-likeness (QED) is 0.765. The van der Waals surface area contributed by atoms with E-state index in [0.29, 0.717) is 18.5 Å². The highest BCUT2D eigenvalue weighted by molar-refractivity contribution is 5.87. The number of piperazine rings is 1. The zero-order valence-electron chi connectivity index (χ0n) is 18.8. The van der Waals surface area contributed by atoms with E-state index in [9.17, 15) is 4.79 Å². The zero-order chi connectivity index (χ0) is 21.3. The third-order valence-corrected chi connectivity index (χ3v) is 6.88. The monoisotopic (exact) mass is 413 g/mol. The van der Waals surface area contributed by atoms with Crippen molar-refractivity contribution in [3.05, 3.63) is 12.5 Å². The van der Waals surface area contributed by atoms with E-state index in [1.54, 1.807) is 11.0 Å². The summed E-state index contributed by atoms with van der Waals surface area (Å²) in [4.78, 5) is 28.7. The molecule has 0 bridgehead atoms. The van der Waals surface area contributed by atoms with Crippen LogP contribution in [0, 0.1) is 11.8 Å². The van der Waals surface area contributed by atoms with E-state index in [1.165, 1.54) is 19.3 Å². The molecule has 1 amide bonds. The number of carbonyl (C=O) groups is 1. The minimum Gasteiger partial charge on any atom is -0.352 e. The van der Waals surface area contributed by atoms with Crippen LogP contribution in [0.2, 0.25) is 0 Å².